The molecular weight excluding hydrogens is 294 g/mol. The van der Waals surface area contributed by atoms with Crippen LogP contribution in [0.15, 0.2) is 17.2 Å². The number of carboxylic acids is 1. The molecule has 2 heterocycles. The van der Waals surface area contributed by atoms with Gasteiger partial charge in [-0.25, -0.2) is 13.2 Å². The van der Waals surface area contributed by atoms with E-state index in [0.717, 1.165) is 6.42 Å². The fourth-order valence-corrected chi connectivity index (χ4v) is 4.11. The van der Waals surface area contributed by atoms with E-state index in [2.05, 4.69) is 0 Å². The minimum Gasteiger partial charge on any atom is -0.477 e. The summed E-state index contributed by atoms with van der Waals surface area (Å²) in [5.74, 6) is -0.961. The molecule has 1 aliphatic heterocycles. The monoisotopic (exact) mass is 315 g/mol. The molecule has 118 valence electrons. The molecule has 0 spiro atoms. The smallest absolute Gasteiger partial charge is 0.352 e. The molecule has 1 aromatic heterocycles. The summed E-state index contributed by atoms with van der Waals surface area (Å²) in [7, 11) is -3.66. The van der Waals surface area contributed by atoms with E-state index in [4.69, 9.17) is 5.73 Å². The van der Waals surface area contributed by atoms with E-state index >= 15 is 0 Å². The van der Waals surface area contributed by atoms with Crippen LogP contribution in [0.2, 0.25) is 0 Å². The highest BCUT2D eigenvalue weighted by molar-refractivity contribution is 7.89. The van der Waals surface area contributed by atoms with E-state index in [1.807, 2.05) is 13.8 Å². The van der Waals surface area contributed by atoms with Gasteiger partial charge in [0.25, 0.3) is 0 Å². The van der Waals surface area contributed by atoms with E-state index in [1.54, 1.807) is 0 Å². The molecule has 1 saturated heterocycles. The Balaban J connectivity index is 2.37. The van der Waals surface area contributed by atoms with Crippen LogP contribution < -0.4 is 5.73 Å². The zero-order chi connectivity index (χ0) is 15.8. The van der Waals surface area contributed by atoms with Crippen molar-refractivity contribution in [2.75, 3.05) is 19.6 Å². The van der Waals surface area contributed by atoms with Gasteiger partial charge < -0.3 is 15.4 Å². The number of rotatable bonds is 5. The van der Waals surface area contributed by atoms with Crippen molar-refractivity contribution in [3.63, 3.8) is 0 Å². The quantitative estimate of drug-likeness (QED) is 0.833. The number of aromatic nitrogens is 1. The third kappa shape index (κ3) is 2.97. The fourth-order valence-electron chi connectivity index (χ4n) is 2.55. The minimum atomic E-state index is -3.66. The molecule has 8 heteroatoms. The second-order valence-corrected chi connectivity index (χ2v) is 7.56. The maximum absolute atomic E-state index is 12.6. The van der Waals surface area contributed by atoms with Crippen LogP contribution in [-0.4, -0.2) is 48.0 Å². The highest BCUT2D eigenvalue weighted by Gasteiger charge is 2.33. The average Bonchev–Trinajstić information content (AvgIpc) is 3.06. The Bertz CT molecular complexity index is 636. The van der Waals surface area contributed by atoms with Crippen molar-refractivity contribution in [3.8, 4) is 0 Å². The summed E-state index contributed by atoms with van der Waals surface area (Å²) in [5.41, 5.74) is 5.57. The lowest BCUT2D eigenvalue weighted by atomic mass is 10.1. The van der Waals surface area contributed by atoms with Crippen LogP contribution in [0.1, 0.15) is 36.8 Å². The number of hydrogen-bond donors (Lipinski definition) is 2. The van der Waals surface area contributed by atoms with Crippen LogP contribution in [0.5, 0.6) is 0 Å². The number of hydrogen-bond acceptors (Lipinski definition) is 4. The Labute approximate surface area is 124 Å². The van der Waals surface area contributed by atoms with E-state index < -0.39 is 16.0 Å². The number of nitrogens with two attached hydrogens (primary N) is 1. The summed E-state index contributed by atoms with van der Waals surface area (Å²) in [6.07, 6.45) is 2.14. The number of carboxylic acid groups (broad SMARTS) is 1. The highest BCUT2D eigenvalue weighted by atomic mass is 32.2. The molecule has 0 saturated carbocycles. The molecule has 7 nitrogen and oxygen atoms in total. The second kappa shape index (κ2) is 5.78. The summed E-state index contributed by atoms with van der Waals surface area (Å²) >= 11 is 0. The third-order valence-electron chi connectivity index (χ3n) is 3.82. The summed E-state index contributed by atoms with van der Waals surface area (Å²) in [5, 5.41) is 9.19. The van der Waals surface area contributed by atoms with Gasteiger partial charge in [0.2, 0.25) is 10.0 Å². The maximum atomic E-state index is 12.6. The predicted octanol–water partition coefficient (Wildman–Crippen LogP) is 0.737. The molecule has 1 fully saturated rings. The van der Waals surface area contributed by atoms with Gasteiger partial charge in [0.1, 0.15) is 10.6 Å². The Morgan fingerprint density at radius 3 is 2.62 bits per heavy atom. The topological polar surface area (TPSA) is 106 Å². The van der Waals surface area contributed by atoms with E-state index in [1.165, 1.54) is 21.1 Å². The summed E-state index contributed by atoms with van der Waals surface area (Å²) in [4.78, 5) is 11.3. The van der Waals surface area contributed by atoms with Gasteiger partial charge in [0.15, 0.2) is 0 Å². The van der Waals surface area contributed by atoms with Gasteiger partial charge in [-0.3, -0.25) is 0 Å². The van der Waals surface area contributed by atoms with Crippen molar-refractivity contribution in [2.45, 2.75) is 31.2 Å². The minimum absolute atomic E-state index is 0.0156. The molecule has 0 bridgehead atoms. The Morgan fingerprint density at radius 1 is 1.52 bits per heavy atom. The van der Waals surface area contributed by atoms with Crippen LogP contribution in [0, 0.1) is 5.92 Å². The molecule has 1 aromatic rings. The van der Waals surface area contributed by atoms with Gasteiger partial charge >= 0.3 is 5.97 Å². The fraction of sp³-hybridized carbons (Fsp3) is 0.615. The van der Waals surface area contributed by atoms with Crippen LogP contribution in [-0.2, 0) is 10.0 Å². The van der Waals surface area contributed by atoms with Crippen molar-refractivity contribution in [3.05, 3.63) is 18.0 Å². The van der Waals surface area contributed by atoms with Crippen molar-refractivity contribution < 1.29 is 18.3 Å². The first-order chi connectivity index (χ1) is 9.77. The van der Waals surface area contributed by atoms with Crippen LogP contribution in [0.4, 0.5) is 0 Å². The largest absolute Gasteiger partial charge is 0.477 e. The Kier molecular flexibility index (Phi) is 4.40. The number of nitrogens with zero attached hydrogens (tertiary/aromatic N) is 2. The molecule has 0 amide bonds. The highest BCUT2D eigenvalue weighted by Crippen LogP contribution is 2.26. The lowest BCUT2D eigenvalue weighted by molar-refractivity contribution is 0.0683. The van der Waals surface area contributed by atoms with Gasteiger partial charge in [-0.1, -0.05) is 0 Å². The molecule has 1 atom stereocenters. The molecule has 21 heavy (non-hydrogen) atoms. The molecule has 0 aliphatic carbocycles. The average molecular weight is 315 g/mol. The Hall–Kier alpha value is -1.38. The SMILES string of the molecule is CC(C)n1cc(S(=O)(=O)N2CCC(CN)C2)cc1C(=O)O. The standard InChI is InChI=1S/C13H21N3O4S/c1-9(2)16-8-11(5-12(16)13(17)18)21(19,20)15-4-3-10(6-14)7-15/h5,8-10H,3-4,6-7,14H2,1-2H3,(H,17,18). The summed E-state index contributed by atoms with van der Waals surface area (Å²) in [6, 6.07) is 1.10. The van der Waals surface area contributed by atoms with Crippen molar-refractivity contribution in [1.82, 2.24) is 8.87 Å². The van der Waals surface area contributed by atoms with Gasteiger partial charge in [-0.05, 0) is 38.8 Å². The number of aromatic carboxylic acids is 1. The first-order valence-electron chi connectivity index (χ1n) is 6.92. The molecule has 3 N–H and O–H groups in total. The zero-order valence-electron chi connectivity index (χ0n) is 12.2. The molecule has 1 unspecified atom stereocenters. The molecular formula is C13H21N3O4S. The van der Waals surface area contributed by atoms with Crippen molar-refractivity contribution in [1.29, 1.82) is 0 Å². The zero-order valence-corrected chi connectivity index (χ0v) is 13.0. The summed E-state index contributed by atoms with van der Waals surface area (Å²) < 4.78 is 28.0. The lowest BCUT2D eigenvalue weighted by Gasteiger charge is -2.15. The molecule has 1 aliphatic rings. The van der Waals surface area contributed by atoms with Gasteiger partial charge in [-0.15, -0.1) is 0 Å². The van der Waals surface area contributed by atoms with E-state index in [-0.39, 0.29) is 22.5 Å². The summed E-state index contributed by atoms with van der Waals surface area (Å²) in [6.45, 7) is 4.90. The van der Waals surface area contributed by atoms with Crippen molar-refractivity contribution >= 4 is 16.0 Å². The first kappa shape index (κ1) is 16.0. The predicted molar refractivity (Wildman–Crippen MR) is 77.7 cm³/mol. The second-order valence-electron chi connectivity index (χ2n) is 5.62. The maximum Gasteiger partial charge on any atom is 0.352 e. The number of carbonyl (C=O) groups is 1. The Morgan fingerprint density at radius 2 is 2.19 bits per heavy atom. The van der Waals surface area contributed by atoms with E-state index in [9.17, 15) is 18.3 Å². The van der Waals surface area contributed by atoms with Crippen LogP contribution >= 0.6 is 0 Å². The molecule has 0 aromatic carbocycles. The van der Waals surface area contributed by atoms with Crippen molar-refractivity contribution in [2.24, 2.45) is 11.7 Å². The first-order valence-corrected chi connectivity index (χ1v) is 8.36. The molecule has 0 radical (unpaired) electrons. The van der Waals surface area contributed by atoms with E-state index in [0.29, 0.717) is 19.6 Å². The van der Waals surface area contributed by atoms with Gasteiger partial charge in [0, 0.05) is 25.3 Å². The van der Waals surface area contributed by atoms with Crippen LogP contribution in [0.3, 0.4) is 0 Å². The van der Waals surface area contributed by atoms with Crippen LogP contribution in [0.25, 0.3) is 0 Å². The lowest BCUT2D eigenvalue weighted by Crippen LogP contribution is -2.29. The third-order valence-corrected chi connectivity index (χ3v) is 5.65. The van der Waals surface area contributed by atoms with Gasteiger partial charge in [-0.2, -0.15) is 4.31 Å². The molecule has 2 rings (SSSR count). The number of sulfonamides is 1. The normalized spacial score (nSPS) is 20.3. The van der Waals surface area contributed by atoms with Gasteiger partial charge in [0.05, 0.1) is 0 Å².